The van der Waals surface area contributed by atoms with Gasteiger partial charge in [0.05, 0.1) is 12.2 Å². The van der Waals surface area contributed by atoms with Crippen LogP contribution in [-0.2, 0) is 19.2 Å². The van der Waals surface area contributed by atoms with Gasteiger partial charge in [-0.2, -0.15) is 0 Å². The fraction of sp³-hybridized carbons (Fsp3) is 0.714. The number of carboxylic acids is 4. The molecular weight excluding hydrogens is 356 g/mol. The van der Waals surface area contributed by atoms with Crippen LogP contribution in [-0.4, -0.2) is 79.8 Å². The zero-order valence-corrected chi connectivity index (χ0v) is 15.5. The maximum atomic E-state index is 9.06. The molecule has 0 aliphatic carbocycles. The number of hydrogen-bond acceptors (Lipinski definition) is 8. The Morgan fingerprint density at radius 3 is 0.808 bits per heavy atom. The Balaban J connectivity index is -0.0000000776. The van der Waals surface area contributed by atoms with Crippen LogP contribution < -0.4 is 11.5 Å². The highest BCUT2D eigenvalue weighted by Crippen LogP contribution is 2.00. The lowest BCUT2D eigenvalue weighted by atomic mass is 10.1. The van der Waals surface area contributed by atoms with Gasteiger partial charge in [-0.1, -0.05) is 0 Å². The van der Waals surface area contributed by atoms with Gasteiger partial charge in [0.25, 0.3) is 23.9 Å². The highest BCUT2D eigenvalue weighted by molar-refractivity contribution is 5.63. The molecule has 0 aliphatic rings. The summed E-state index contributed by atoms with van der Waals surface area (Å²) in [6, 6.07) is 0. The first kappa shape index (κ1) is 34.9. The molecule has 0 bridgehead atoms. The van der Waals surface area contributed by atoms with Gasteiger partial charge < -0.3 is 42.1 Å². The zero-order chi connectivity index (χ0) is 22.3. The van der Waals surface area contributed by atoms with Crippen molar-refractivity contribution in [2.45, 2.75) is 52.7 Å². The number of hydrogen-bond donors (Lipinski definition) is 8. The van der Waals surface area contributed by atoms with E-state index < -0.39 is 36.1 Å². The Labute approximate surface area is 152 Å². The molecule has 0 spiro atoms. The summed E-state index contributed by atoms with van der Waals surface area (Å²) >= 11 is 0. The maximum Gasteiger partial charge on any atom is 0.300 e. The first-order valence-electron chi connectivity index (χ1n) is 7.19. The second kappa shape index (κ2) is 27.6. The summed E-state index contributed by atoms with van der Waals surface area (Å²) in [5.74, 6) is -3.33. The van der Waals surface area contributed by atoms with Gasteiger partial charge >= 0.3 is 0 Å². The predicted octanol–water partition coefficient (Wildman–Crippen LogP) is -1.23. The van der Waals surface area contributed by atoms with Crippen molar-refractivity contribution in [1.82, 2.24) is 0 Å². The van der Waals surface area contributed by atoms with Crippen LogP contribution in [0.25, 0.3) is 0 Å². The average Bonchev–Trinajstić information content (AvgIpc) is 2.36. The molecule has 2 atom stereocenters. The van der Waals surface area contributed by atoms with Crippen molar-refractivity contribution < 1.29 is 49.8 Å². The van der Waals surface area contributed by atoms with E-state index in [9.17, 15) is 0 Å². The molecule has 0 saturated heterocycles. The molecule has 10 N–H and O–H groups in total. The predicted molar refractivity (Wildman–Crippen MR) is 92.6 cm³/mol. The minimum absolute atomic E-state index is 0.392. The van der Waals surface area contributed by atoms with Crippen molar-refractivity contribution in [1.29, 1.82) is 0 Å². The maximum absolute atomic E-state index is 9.06. The normalized spacial score (nSPS) is 10.3. The molecule has 0 amide bonds. The van der Waals surface area contributed by atoms with Crippen LogP contribution in [0.2, 0.25) is 0 Å². The first-order valence-corrected chi connectivity index (χ1v) is 7.19. The van der Waals surface area contributed by atoms with Crippen LogP contribution in [0.3, 0.4) is 0 Å². The first-order chi connectivity index (χ1) is 11.6. The summed E-state index contributed by atoms with van der Waals surface area (Å²) in [5.41, 5.74) is 10.3. The summed E-state index contributed by atoms with van der Waals surface area (Å²) in [6.07, 6.45) is -0.565. The molecule has 0 rings (SSSR count). The number of carbonyl (C=O) groups is 4. The van der Waals surface area contributed by atoms with E-state index in [1.807, 2.05) is 0 Å². The van der Waals surface area contributed by atoms with Gasteiger partial charge in [0, 0.05) is 27.7 Å². The molecule has 12 heteroatoms. The quantitative estimate of drug-likeness (QED) is 0.276. The van der Waals surface area contributed by atoms with Gasteiger partial charge in [-0.15, -0.1) is 0 Å². The molecule has 0 fully saturated rings. The molecule has 0 radical (unpaired) electrons. The number of aliphatic hydroxyl groups is 2. The zero-order valence-electron chi connectivity index (χ0n) is 15.5. The summed E-state index contributed by atoms with van der Waals surface area (Å²) in [6.45, 7) is 5.12. The number of rotatable bonds is 5. The average molecular weight is 388 g/mol. The van der Waals surface area contributed by atoms with E-state index in [-0.39, 0.29) is 0 Å². The van der Waals surface area contributed by atoms with E-state index in [0.29, 0.717) is 25.9 Å². The van der Waals surface area contributed by atoms with Crippen LogP contribution >= 0.6 is 0 Å². The number of aliphatic carboxylic acids is 4. The molecule has 26 heavy (non-hydrogen) atoms. The monoisotopic (exact) mass is 388 g/mol. The van der Waals surface area contributed by atoms with Crippen molar-refractivity contribution in [3.63, 3.8) is 0 Å². The number of nitrogens with two attached hydrogens (primary N) is 2. The second-order valence-electron chi connectivity index (χ2n) is 4.37. The lowest BCUT2D eigenvalue weighted by Crippen LogP contribution is -2.30. The van der Waals surface area contributed by atoms with Crippen molar-refractivity contribution in [2.24, 2.45) is 11.5 Å². The van der Waals surface area contributed by atoms with Crippen LogP contribution in [0.15, 0.2) is 0 Å². The molecule has 0 heterocycles. The molecule has 0 saturated carbocycles. The highest BCUT2D eigenvalue weighted by Gasteiger charge is 2.13. The molecule has 158 valence electrons. The number of aliphatic hydroxyl groups excluding tert-OH is 2. The third kappa shape index (κ3) is 156. The summed E-state index contributed by atoms with van der Waals surface area (Å²) in [5, 5.41) is 47.8. The van der Waals surface area contributed by atoms with Crippen LogP contribution in [0.5, 0.6) is 0 Å². The smallest absolute Gasteiger partial charge is 0.300 e. The highest BCUT2D eigenvalue weighted by atomic mass is 16.4. The third-order valence-corrected chi connectivity index (χ3v) is 1.37. The number of carboxylic acid groups (broad SMARTS) is 4. The van der Waals surface area contributed by atoms with E-state index in [2.05, 4.69) is 0 Å². The second-order valence-corrected chi connectivity index (χ2v) is 4.37. The topological polar surface area (TPSA) is 242 Å². The van der Waals surface area contributed by atoms with Crippen LogP contribution in [0, 0.1) is 0 Å². The largest absolute Gasteiger partial charge is 0.481 e. The van der Waals surface area contributed by atoms with Crippen molar-refractivity contribution in [2.75, 3.05) is 13.1 Å². The lowest BCUT2D eigenvalue weighted by Gasteiger charge is -2.15. The van der Waals surface area contributed by atoms with Gasteiger partial charge in [-0.3, -0.25) is 19.2 Å². The van der Waals surface area contributed by atoms with Gasteiger partial charge in [0.15, 0.2) is 0 Å². The summed E-state index contributed by atoms with van der Waals surface area (Å²) < 4.78 is 0. The van der Waals surface area contributed by atoms with Gasteiger partial charge in [-0.05, 0) is 25.9 Å². The fourth-order valence-corrected chi connectivity index (χ4v) is 0.726. The van der Waals surface area contributed by atoms with Gasteiger partial charge in [0.1, 0.15) is 0 Å². The van der Waals surface area contributed by atoms with E-state index in [0.717, 1.165) is 27.7 Å². The van der Waals surface area contributed by atoms with Crippen molar-refractivity contribution in [3.05, 3.63) is 0 Å². The van der Waals surface area contributed by atoms with Crippen LogP contribution in [0.1, 0.15) is 40.5 Å². The molecule has 0 aromatic rings. The van der Waals surface area contributed by atoms with E-state index in [1.165, 1.54) is 0 Å². The fourth-order valence-electron chi connectivity index (χ4n) is 0.726. The minimum Gasteiger partial charge on any atom is -0.481 e. The van der Waals surface area contributed by atoms with Crippen LogP contribution in [0.4, 0.5) is 0 Å². The van der Waals surface area contributed by atoms with Crippen molar-refractivity contribution in [3.8, 4) is 0 Å². The van der Waals surface area contributed by atoms with Gasteiger partial charge in [-0.25, -0.2) is 0 Å². The van der Waals surface area contributed by atoms with E-state index in [4.69, 9.17) is 61.3 Å². The Kier molecular flexibility index (Phi) is 37.0. The molecule has 2 unspecified atom stereocenters. The summed E-state index contributed by atoms with van der Waals surface area (Å²) in [7, 11) is 0. The SMILES string of the molecule is CC(=O)O.CC(=O)O.CC(=O)O.CC(=O)O.NCCC(O)C(O)CCN. The lowest BCUT2D eigenvalue weighted by molar-refractivity contribution is -0.135. The molecule has 12 nitrogen and oxygen atoms in total. The van der Waals surface area contributed by atoms with Gasteiger partial charge in [0.2, 0.25) is 0 Å². The molecule has 0 aromatic heterocycles. The molecular formula is C14H32N2O10. The van der Waals surface area contributed by atoms with Crippen molar-refractivity contribution >= 4 is 23.9 Å². The Morgan fingerprint density at radius 1 is 0.615 bits per heavy atom. The Morgan fingerprint density at radius 2 is 0.731 bits per heavy atom. The summed E-state index contributed by atoms with van der Waals surface area (Å²) in [4.78, 5) is 36.0. The Hall–Kier alpha value is -2.28. The third-order valence-electron chi connectivity index (χ3n) is 1.37. The Bertz CT molecular complexity index is 290. The van der Waals surface area contributed by atoms with E-state index in [1.54, 1.807) is 0 Å². The molecule has 0 aliphatic heterocycles. The molecule has 0 aromatic carbocycles. The van der Waals surface area contributed by atoms with E-state index >= 15 is 0 Å². The minimum atomic E-state index is -0.833. The standard InChI is InChI=1S/C6H16N2O2.4C2H4O2/c7-3-1-5(9)6(10)2-4-8;4*1-2(3)4/h5-6,9-10H,1-4,7-8H2;4*1H3,(H,3,4).